The average Bonchev–Trinajstić information content (AvgIpc) is 3.16. The van der Waals surface area contributed by atoms with Crippen molar-refractivity contribution in [3.8, 4) is 11.5 Å². The first-order valence-electron chi connectivity index (χ1n) is 11.5. The summed E-state index contributed by atoms with van der Waals surface area (Å²) in [7, 11) is 0. The summed E-state index contributed by atoms with van der Waals surface area (Å²) >= 11 is 0. The molecule has 2 heterocycles. The van der Waals surface area contributed by atoms with Gasteiger partial charge in [-0.2, -0.15) is 0 Å². The highest BCUT2D eigenvalue weighted by atomic mass is 16.5. The fourth-order valence-electron chi connectivity index (χ4n) is 4.44. The highest BCUT2D eigenvalue weighted by Gasteiger charge is 2.43. The van der Waals surface area contributed by atoms with Gasteiger partial charge in [0.1, 0.15) is 12.2 Å². The highest BCUT2D eigenvalue weighted by molar-refractivity contribution is 6.10. The standard InChI is InChI=1S/C29H25NO5/c1-4-16-34-23-15-12-19(17-24(23)33-5-2)26-25-27(31)21-8-6-7-9-22(21)35-28(25)29(32)30(26)20-13-10-18(3)11-14-20/h4,6-15,17,26H,1,5,16H2,2-3H3. The van der Waals surface area contributed by atoms with Gasteiger partial charge in [-0.3, -0.25) is 14.5 Å². The van der Waals surface area contributed by atoms with Crippen LogP contribution in [0.2, 0.25) is 0 Å². The third kappa shape index (κ3) is 3.87. The third-order valence-electron chi connectivity index (χ3n) is 6.03. The van der Waals surface area contributed by atoms with E-state index in [2.05, 4.69) is 6.58 Å². The lowest BCUT2D eigenvalue weighted by atomic mass is 9.97. The second-order valence-corrected chi connectivity index (χ2v) is 8.32. The molecule has 3 aromatic carbocycles. The number of para-hydroxylation sites is 1. The van der Waals surface area contributed by atoms with Crippen molar-refractivity contribution in [2.24, 2.45) is 0 Å². The molecule has 1 aliphatic heterocycles. The molecule has 1 aliphatic rings. The summed E-state index contributed by atoms with van der Waals surface area (Å²) in [6, 6.07) is 19.4. The normalized spacial score (nSPS) is 14.7. The van der Waals surface area contributed by atoms with Crippen LogP contribution in [0.1, 0.15) is 40.2 Å². The maximum absolute atomic E-state index is 13.7. The summed E-state index contributed by atoms with van der Waals surface area (Å²) in [4.78, 5) is 29.0. The van der Waals surface area contributed by atoms with Crippen LogP contribution in [-0.4, -0.2) is 19.1 Å². The van der Waals surface area contributed by atoms with E-state index in [0.717, 1.165) is 11.1 Å². The van der Waals surface area contributed by atoms with Gasteiger partial charge in [-0.1, -0.05) is 48.6 Å². The molecule has 1 unspecified atom stereocenters. The summed E-state index contributed by atoms with van der Waals surface area (Å²) in [5, 5.41) is 0.436. The molecule has 35 heavy (non-hydrogen) atoms. The van der Waals surface area contributed by atoms with Crippen LogP contribution in [0.5, 0.6) is 11.5 Å². The molecular formula is C29H25NO5. The number of benzene rings is 3. The van der Waals surface area contributed by atoms with Crippen LogP contribution in [0.15, 0.2) is 88.6 Å². The first-order valence-corrected chi connectivity index (χ1v) is 11.5. The summed E-state index contributed by atoms with van der Waals surface area (Å²) in [6.45, 7) is 8.32. The third-order valence-corrected chi connectivity index (χ3v) is 6.03. The second kappa shape index (κ2) is 9.14. The minimum atomic E-state index is -0.686. The molecule has 0 bridgehead atoms. The quantitative estimate of drug-likeness (QED) is 0.321. The van der Waals surface area contributed by atoms with Gasteiger partial charge in [-0.25, -0.2) is 0 Å². The van der Waals surface area contributed by atoms with E-state index in [1.165, 1.54) is 0 Å². The Kier molecular flexibility index (Phi) is 5.87. The zero-order valence-electron chi connectivity index (χ0n) is 19.6. The van der Waals surface area contributed by atoms with Crippen molar-refractivity contribution in [1.82, 2.24) is 0 Å². The number of hydrogen-bond donors (Lipinski definition) is 0. The molecule has 176 valence electrons. The summed E-state index contributed by atoms with van der Waals surface area (Å²) in [5.41, 5.74) is 2.94. The molecule has 0 spiro atoms. The maximum Gasteiger partial charge on any atom is 0.295 e. The van der Waals surface area contributed by atoms with Crippen LogP contribution >= 0.6 is 0 Å². The lowest BCUT2D eigenvalue weighted by molar-refractivity contribution is 0.0971. The number of fused-ring (bicyclic) bond motifs is 2. The summed E-state index contributed by atoms with van der Waals surface area (Å²) in [6.07, 6.45) is 1.66. The maximum atomic E-state index is 13.7. The molecule has 4 aromatic rings. The Morgan fingerprint density at radius 3 is 2.51 bits per heavy atom. The van der Waals surface area contributed by atoms with Crippen LogP contribution in [0, 0.1) is 6.92 Å². The number of anilines is 1. The molecule has 0 saturated carbocycles. The van der Waals surface area contributed by atoms with E-state index in [-0.39, 0.29) is 17.1 Å². The van der Waals surface area contributed by atoms with Gasteiger partial charge in [0.25, 0.3) is 5.91 Å². The molecule has 6 heteroatoms. The molecule has 5 rings (SSSR count). The number of aryl methyl sites for hydroxylation is 1. The number of amides is 1. The van der Waals surface area contributed by atoms with Crippen LogP contribution in [-0.2, 0) is 0 Å². The Morgan fingerprint density at radius 1 is 1.00 bits per heavy atom. The largest absolute Gasteiger partial charge is 0.490 e. The highest BCUT2D eigenvalue weighted by Crippen LogP contribution is 2.43. The average molecular weight is 468 g/mol. The molecule has 0 fully saturated rings. The summed E-state index contributed by atoms with van der Waals surface area (Å²) in [5.74, 6) is 0.792. The SMILES string of the molecule is C=CCOc1ccc(C2c3c(oc4ccccc4c3=O)C(=O)N2c2ccc(C)cc2)cc1OCC. The Morgan fingerprint density at radius 2 is 1.77 bits per heavy atom. The van der Waals surface area contributed by atoms with Gasteiger partial charge in [0, 0.05) is 5.69 Å². The molecule has 1 amide bonds. The zero-order valence-corrected chi connectivity index (χ0v) is 19.6. The predicted octanol–water partition coefficient (Wildman–Crippen LogP) is 5.81. The smallest absolute Gasteiger partial charge is 0.295 e. The Bertz CT molecular complexity index is 1490. The fourth-order valence-corrected chi connectivity index (χ4v) is 4.44. The van der Waals surface area contributed by atoms with Crippen LogP contribution in [0.25, 0.3) is 11.0 Å². The number of ether oxygens (including phenoxy) is 2. The topological polar surface area (TPSA) is 69.0 Å². The van der Waals surface area contributed by atoms with Crippen LogP contribution in [0.4, 0.5) is 5.69 Å². The van der Waals surface area contributed by atoms with Crippen molar-refractivity contribution in [3.63, 3.8) is 0 Å². The van der Waals surface area contributed by atoms with Crippen molar-refractivity contribution in [2.45, 2.75) is 19.9 Å². The van der Waals surface area contributed by atoms with E-state index in [1.54, 1.807) is 41.3 Å². The van der Waals surface area contributed by atoms with E-state index in [1.807, 2.05) is 50.2 Å². The zero-order chi connectivity index (χ0) is 24.5. The molecule has 0 aliphatic carbocycles. The minimum absolute atomic E-state index is 0.0595. The van der Waals surface area contributed by atoms with Crippen molar-refractivity contribution in [2.75, 3.05) is 18.1 Å². The van der Waals surface area contributed by atoms with E-state index in [9.17, 15) is 9.59 Å². The minimum Gasteiger partial charge on any atom is -0.490 e. The van der Waals surface area contributed by atoms with E-state index < -0.39 is 6.04 Å². The first-order chi connectivity index (χ1) is 17.0. The van der Waals surface area contributed by atoms with Gasteiger partial charge in [0.15, 0.2) is 16.9 Å². The predicted molar refractivity (Wildman–Crippen MR) is 136 cm³/mol. The van der Waals surface area contributed by atoms with Crippen molar-refractivity contribution in [3.05, 3.63) is 112 Å². The summed E-state index contributed by atoms with van der Waals surface area (Å²) < 4.78 is 17.6. The Hall–Kier alpha value is -4.32. The van der Waals surface area contributed by atoms with Gasteiger partial charge in [0.2, 0.25) is 5.76 Å². The number of carbonyl (C=O) groups is 1. The number of hydrogen-bond acceptors (Lipinski definition) is 5. The molecule has 0 saturated heterocycles. The van der Waals surface area contributed by atoms with Gasteiger partial charge >= 0.3 is 0 Å². The Labute approximate surface area is 203 Å². The lowest BCUT2D eigenvalue weighted by Crippen LogP contribution is -2.29. The monoisotopic (exact) mass is 467 g/mol. The molecule has 1 aromatic heterocycles. The molecular weight excluding hydrogens is 442 g/mol. The van der Waals surface area contributed by atoms with Crippen molar-refractivity contribution < 1.29 is 18.7 Å². The number of rotatable bonds is 7. The van der Waals surface area contributed by atoms with E-state index >= 15 is 0 Å². The van der Waals surface area contributed by atoms with Gasteiger partial charge < -0.3 is 13.9 Å². The van der Waals surface area contributed by atoms with E-state index in [0.29, 0.717) is 46.9 Å². The second-order valence-electron chi connectivity index (χ2n) is 8.32. The first kappa shape index (κ1) is 22.5. The van der Waals surface area contributed by atoms with Gasteiger partial charge in [-0.05, 0) is 55.8 Å². The van der Waals surface area contributed by atoms with E-state index in [4.69, 9.17) is 13.9 Å². The molecule has 0 radical (unpaired) electrons. The van der Waals surface area contributed by atoms with Gasteiger partial charge in [-0.15, -0.1) is 0 Å². The fraction of sp³-hybridized carbons (Fsp3) is 0.172. The number of carbonyl (C=O) groups excluding carboxylic acids is 1. The van der Waals surface area contributed by atoms with Crippen molar-refractivity contribution in [1.29, 1.82) is 0 Å². The van der Waals surface area contributed by atoms with Crippen LogP contribution < -0.4 is 19.8 Å². The van der Waals surface area contributed by atoms with Crippen molar-refractivity contribution >= 4 is 22.6 Å². The molecule has 0 N–H and O–H groups in total. The van der Waals surface area contributed by atoms with Gasteiger partial charge in [0.05, 0.1) is 23.6 Å². The molecule has 6 nitrogen and oxygen atoms in total. The number of nitrogens with zero attached hydrogens (tertiary/aromatic N) is 1. The Balaban J connectivity index is 1.74. The molecule has 1 atom stereocenters. The lowest BCUT2D eigenvalue weighted by Gasteiger charge is -2.26. The van der Waals surface area contributed by atoms with Crippen LogP contribution in [0.3, 0.4) is 0 Å².